The minimum absolute atomic E-state index is 0.247. The summed E-state index contributed by atoms with van der Waals surface area (Å²) in [7, 11) is 0. The quantitative estimate of drug-likeness (QED) is 0.786. The zero-order valence-electron chi connectivity index (χ0n) is 12.4. The molecule has 0 radical (unpaired) electrons. The van der Waals surface area contributed by atoms with Gasteiger partial charge in [-0.05, 0) is 25.1 Å². The first kappa shape index (κ1) is 15.1. The van der Waals surface area contributed by atoms with Crippen molar-refractivity contribution in [2.45, 2.75) is 26.4 Å². The number of nitrogens with zero attached hydrogens (tertiary/aromatic N) is 4. The molecule has 0 spiro atoms. The van der Waals surface area contributed by atoms with Crippen molar-refractivity contribution in [3.05, 3.63) is 42.2 Å². The summed E-state index contributed by atoms with van der Waals surface area (Å²) in [4.78, 5) is 12.2. The summed E-state index contributed by atoms with van der Waals surface area (Å²) in [5.41, 5.74) is 0.793. The Hall–Kier alpha value is -2.77. The van der Waals surface area contributed by atoms with Crippen molar-refractivity contribution in [3.63, 3.8) is 0 Å². The summed E-state index contributed by atoms with van der Waals surface area (Å²) in [5.74, 6) is -0.179. The van der Waals surface area contributed by atoms with Crippen LogP contribution in [-0.2, 0) is 13.1 Å². The molecule has 23 heavy (non-hydrogen) atoms. The maximum atomic E-state index is 12.7. The highest BCUT2D eigenvalue weighted by Gasteiger charge is 2.17. The van der Waals surface area contributed by atoms with Crippen LogP contribution >= 0.6 is 0 Å². The Balaban J connectivity index is 1.91. The molecule has 0 aliphatic heterocycles. The van der Waals surface area contributed by atoms with Crippen LogP contribution in [0.25, 0.3) is 10.9 Å². The Kier molecular flexibility index (Phi) is 4.05. The first-order valence-electron chi connectivity index (χ1n) is 7.17. The van der Waals surface area contributed by atoms with Gasteiger partial charge < -0.3 is 5.32 Å². The van der Waals surface area contributed by atoms with Gasteiger partial charge >= 0.3 is 0 Å². The van der Waals surface area contributed by atoms with Gasteiger partial charge in [-0.2, -0.15) is 10.2 Å². The van der Waals surface area contributed by atoms with E-state index in [2.05, 4.69) is 15.5 Å². The first-order valence-corrected chi connectivity index (χ1v) is 7.17. The van der Waals surface area contributed by atoms with Gasteiger partial charge in [0.05, 0.1) is 5.52 Å². The topological polar surface area (TPSA) is 64.7 Å². The van der Waals surface area contributed by atoms with E-state index in [9.17, 15) is 13.6 Å². The molecule has 0 aliphatic rings. The van der Waals surface area contributed by atoms with Crippen LogP contribution in [-0.4, -0.2) is 31.9 Å². The number of anilines is 1. The SMILES string of the molecule is CCn1ccc(C(=O)Nc2nn(CC(F)F)c3ccccc23)n1. The molecule has 0 saturated heterocycles. The van der Waals surface area contributed by atoms with Crippen molar-refractivity contribution < 1.29 is 13.6 Å². The first-order chi connectivity index (χ1) is 11.1. The summed E-state index contributed by atoms with van der Waals surface area (Å²) in [6.45, 7) is 2.04. The summed E-state index contributed by atoms with van der Waals surface area (Å²) in [5, 5.41) is 11.5. The number of alkyl halides is 2. The molecule has 0 fully saturated rings. The van der Waals surface area contributed by atoms with Gasteiger partial charge in [-0.3, -0.25) is 14.2 Å². The number of carbonyl (C=O) groups is 1. The highest BCUT2D eigenvalue weighted by Crippen LogP contribution is 2.23. The minimum atomic E-state index is -2.53. The van der Waals surface area contributed by atoms with Crippen LogP contribution in [0.3, 0.4) is 0 Å². The second-order valence-corrected chi connectivity index (χ2v) is 4.95. The van der Waals surface area contributed by atoms with E-state index in [0.717, 1.165) is 0 Å². The maximum Gasteiger partial charge on any atom is 0.277 e. The molecule has 2 aromatic heterocycles. The number of carbonyl (C=O) groups excluding carboxylic acids is 1. The number of amides is 1. The molecule has 1 aromatic carbocycles. The summed E-state index contributed by atoms with van der Waals surface area (Å²) in [6, 6.07) is 8.51. The monoisotopic (exact) mass is 319 g/mol. The minimum Gasteiger partial charge on any atom is -0.303 e. The van der Waals surface area contributed by atoms with Gasteiger partial charge in [-0.15, -0.1) is 0 Å². The van der Waals surface area contributed by atoms with E-state index < -0.39 is 18.9 Å². The van der Waals surface area contributed by atoms with Crippen molar-refractivity contribution in [2.75, 3.05) is 5.32 Å². The van der Waals surface area contributed by atoms with Crippen molar-refractivity contribution in [1.29, 1.82) is 0 Å². The smallest absolute Gasteiger partial charge is 0.277 e. The van der Waals surface area contributed by atoms with E-state index in [-0.39, 0.29) is 11.5 Å². The molecule has 1 amide bonds. The number of hydrogen-bond donors (Lipinski definition) is 1. The zero-order valence-corrected chi connectivity index (χ0v) is 12.4. The number of fused-ring (bicyclic) bond motifs is 1. The van der Waals surface area contributed by atoms with Gasteiger partial charge in [-0.1, -0.05) is 12.1 Å². The highest BCUT2D eigenvalue weighted by atomic mass is 19.3. The normalized spacial score (nSPS) is 11.3. The molecule has 3 aromatic rings. The van der Waals surface area contributed by atoms with Crippen LogP contribution in [0.5, 0.6) is 0 Å². The Morgan fingerprint density at radius 1 is 1.26 bits per heavy atom. The highest BCUT2D eigenvalue weighted by molar-refractivity contribution is 6.06. The molecule has 8 heteroatoms. The van der Waals surface area contributed by atoms with E-state index in [0.29, 0.717) is 17.4 Å². The number of aryl methyl sites for hydroxylation is 1. The molecule has 0 atom stereocenters. The van der Waals surface area contributed by atoms with E-state index >= 15 is 0 Å². The van der Waals surface area contributed by atoms with Gasteiger partial charge in [-0.25, -0.2) is 8.78 Å². The van der Waals surface area contributed by atoms with Crippen molar-refractivity contribution in [3.8, 4) is 0 Å². The maximum absolute atomic E-state index is 12.7. The molecule has 1 N–H and O–H groups in total. The number of halogens is 2. The average molecular weight is 319 g/mol. The fourth-order valence-corrected chi connectivity index (χ4v) is 2.32. The van der Waals surface area contributed by atoms with Gasteiger partial charge in [0, 0.05) is 18.1 Å². The Morgan fingerprint density at radius 2 is 2.04 bits per heavy atom. The third kappa shape index (κ3) is 3.05. The predicted molar refractivity (Wildman–Crippen MR) is 81.6 cm³/mol. The number of hydrogen-bond acceptors (Lipinski definition) is 3. The Bertz CT molecular complexity index is 839. The van der Waals surface area contributed by atoms with E-state index in [4.69, 9.17) is 0 Å². The van der Waals surface area contributed by atoms with Crippen LogP contribution in [0.15, 0.2) is 36.5 Å². The van der Waals surface area contributed by atoms with E-state index in [1.165, 1.54) is 4.68 Å². The van der Waals surface area contributed by atoms with Crippen LogP contribution in [0, 0.1) is 0 Å². The third-order valence-electron chi connectivity index (χ3n) is 3.40. The molecule has 120 valence electrons. The fraction of sp³-hybridized carbons (Fsp3) is 0.267. The van der Waals surface area contributed by atoms with Crippen molar-refractivity contribution in [2.24, 2.45) is 0 Å². The third-order valence-corrected chi connectivity index (χ3v) is 3.40. The average Bonchev–Trinajstić information content (AvgIpc) is 3.13. The molecule has 2 heterocycles. The predicted octanol–water partition coefficient (Wildman–Crippen LogP) is 2.77. The zero-order chi connectivity index (χ0) is 16.4. The van der Waals surface area contributed by atoms with Crippen molar-refractivity contribution >= 4 is 22.6 Å². The van der Waals surface area contributed by atoms with Crippen LogP contribution in [0.4, 0.5) is 14.6 Å². The number of benzene rings is 1. The largest absolute Gasteiger partial charge is 0.303 e. The van der Waals surface area contributed by atoms with Gasteiger partial charge in [0.25, 0.3) is 12.3 Å². The van der Waals surface area contributed by atoms with E-state index in [1.54, 1.807) is 41.2 Å². The molecule has 0 unspecified atom stereocenters. The number of aromatic nitrogens is 4. The molecule has 3 rings (SSSR count). The van der Waals surface area contributed by atoms with E-state index in [1.807, 2.05) is 6.92 Å². The molecular weight excluding hydrogens is 304 g/mol. The molecule has 0 aliphatic carbocycles. The second kappa shape index (κ2) is 6.15. The van der Waals surface area contributed by atoms with Gasteiger partial charge in [0.2, 0.25) is 0 Å². The Labute approximate surface area is 130 Å². The molecule has 6 nitrogen and oxygen atoms in total. The van der Waals surface area contributed by atoms with Crippen molar-refractivity contribution in [1.82, 2.24) is 19.6 Å². The lowest BCUT2D eigenvalue weighted by Gasteiger charge is -2.01. The molecule has 0 saturated carbocycles. The number of rotatable bonds is 5. The van der Waals surface area contributed by atoms with Crippen LogP contribution < -0.4 is 5.32 Å². The second-order valence-electron chi connectivity index (χ2n) is 4.95. The standard InChI is InChI=1S/C15H15F2N5O/c1-2-21-8-7-11(19-21)15(23)18-14-10-5-3-4-6-12(10)22(20-14)9-13(16)17/h3-8,13H,2,9H2,1H3,(H,18,20,23). The lowest BCUT2D eigenvalue weighted by molar-refractivity contribution is 0.102. The van der Waals surface area contributed by atoms with Gasteiger partial charge in [0.1, 0.15) is 6.54 Å². The summed E-state index contributed by atoms with van der Waals surface area (Å²) in [6.07, 6.45) is -0.829. The molecule has 0 bridgehead atoms. The number of para-hydroxylation sites is 1. The lowest BCUT2D eigenvalue weighted by Crippen LogP contribution is -2.14. The number of nitrogens with one attached hydrogen (secondary N) is 1. The van der Waals surface area contributed by atoms with Crippen LogP contribution in [0.2, 0.25) is 0 Å². The molecular formula is C15H15F2N5O. The van der Waals surface area contributed by atoms with Crippen LogP contribution in [0.1, 0.15) is 17.4 Å². The Morgan fingerprint density at radius 3 is 2.74 bits per heavy atom. The lowest BCUT2D eigenvalue weighted by atomic mass is 10.2. The summed E-state index contributed by atoms with van der Waals surface area (Å²) >= 11 is 0. The fourth-order valence-electron chi connectivity index (χ4n) is 2.32. The van der Waals surface area contributed by atoms with Gasteiger partial charge in [0.15, 0.2) is 11.5 Å². The summed E-state index contributed by atoms with van der Waals surface area (Å²) < 4.78 is 28.2.